The molecule has 0 saturated carbocycles. The van der Waals surface area contributed by atoms with Gasteiger partial charge in [0, 0.05) is 11.6 Å². The van der Waals surface area contributed by atoms with Crippen molar-refractivity contribution in [1.29, 1.82) is 0 Å². The van der Waals surface area contributed by atoms with E-state index in [0.29, 0.717) is 0 Å². The molecule has 1 aromatic rings. The Morgan fingerprint density at radius 2 is 1.94 bits per heavy atom. The zero-order valence-corrected chi connectivity index (χ0v) is 12.0. The molecule has 4 heteroatoms. The number of ether oxygens (including phenoxy) is 2. The molecule has 17 heavy (non-hydrogen) atoms. The second kappa shape index (κ2) is 6.07. The third-order valence-electron chi connectivity index (χ3n) is 2.47. The predicted octanol–water partition coefficient (Wildman–Crippen LogP) is 3.43. The lowest BCUT2D eigenvalue weighted by Crippen LogP contribution is -2.12. The molecule has 0 radical (unpaired) electrons. The Kier molecular flexibility index (Phi) is 5.02. The minimum Gasteiger partial charge on any atom is -0.496 e. The molecule has 94 valence electrons. The van der Waals surface area contributed by atoms with Gasteiger partial charge in [0.25, 0.3) is 0 Å². The van der Waals surface area contributed by atoms with E-state index in [0.717, 1.165) is 33.5 Å². The Morgan fingerprint density at radius 3 is 2.41 bits per heavy atom. The first kappa shape index (κ1) is 14.1. The van der Waals surface area contributed by atoms with Crippen molar-refractivity contribution in [3.63, 3.8) is 0 Å². The maximum Gasteiger partial charge on any atom is 0.133 e. The normalized spacial score (nSPS) is 12.1. The van der Waals surface area contributed by atoms with Crippen LogP contribution in [0.5, 0.6) is 11.5 Å². The van der Waals surface area contributed by atoms with Crippen LogP contribution in [-0.4, -0.2) is 14.2 Å². The maximum atomic E-state index is 6.13. The highest BCUT2D eigenvalue weighted by Crippen LogP contribution is 2.36. The van der Waals surface area contributed by atoms with E-state index >= 15 is 0 Å². The van der Waals surface area contributed by atoms with Gasteiger partial charge in [0.05, 0.1) is 18.7 Å². The first-order chi connectivity index (χ1) is 7.99. The van der Waals surface area contributed by atoms with Crippen molar-refractivity contribution in [3.05, 3.63) is 34.3 Å². The average Bonchev–Trinajstić information content (AvgIpc) is 2.27. The molecule has 0 amide bonds. The molecule has 1 aromatic carbocycles. The number of rotatable bonds is 5. The molecule has 0 bridgehead atoms. The molecule has 0 unspecified atom stereocenters. The molecular weight excluding hydrogens is 282 g/mol. The van der Waals surface area contributed by atoms with E-state index in [1.54, 1.807) is 14.2 Å². The van der Waals surface area contributed by atoms with E-state index in [1.165, 1.54) is 0 Å². The van der Waals surface area contributed by atoms with Crippen LogP contribution in [0.2, 0.25) is 0 Å². The first-order valence-corrected chi connectivity index (χ1v) is 6.10. The molecule has 0 spiro atoms. The molecule has 1 rings (SSSR count). The van der Waals surface area contributed by atoms with Gasteiger partial charge in [0.2, 0.25) is 0 Å². The van der Waals surface area contributed by atoms with E-state index in [1.807, 2.05) is 19.1 Å². The Morgan fingerprint density at radius 1 is 1.35 bits per heavy atom. The fraction of sp³-hybridized carbons (Fsp3) is 0.385. The number of methoxy groups -OCH3 is 2. The molecule has 3 nitrogen and oxygen atoms in total. The van der Waals surface area contributed by atoms with Gasteiger partial charge in [0.15, 0.2) is 0 Å². The smallest absolute Gasteiger partial charge is 0.133 e. The summed E-state index contributed by atoms with van der Waals surface area (Å²) >= 11 is 3.42. The highest BCUT2D eigenvalue weighted by atomic mass is 79.9. The van der Waals surface area contributed by atoms with Gasteiger partial charge in [-0.3, -0.25) is 0 Å². The first-order valence-electron chi connectivity index (χ1n) is 5.31. The lowest BCUT2D eigenvalue weighted by molar-refractivity contribution is 0.393. The van der Waals surface area contributed by atoms with E-state index in [-0.39, 0.29) is 6.04 Å². The largest absolute Gasteiger partial charge is 0.496 e. The Labute approximate surface area is 111 Å². The summed E-state index contributed by atoms with van der Waals surface area (Å²) in [7, 11) is 3.26. The van der Waals surface area contributed by atoms with E-state index in [2.05, 4.69) is 22.5 Å². The van der Waals surface area contributed by atoms with Gasteiger partial charge in [0.1, 0.15) is 11.5 Å². The van der Waals surface area contributed by atoms with Crippen LogP contribution in [0.4, 0.5) is 0 Å². The Bertz CT molecular complexity index is 418. The second-order valence-corrected chi connectivity index (χ2v) is 4.85. The van der Waals surface area contributed by atoms with Crippen molar-refractivity contribution in [2.24, 2.45) is 5.73 Å². The van der Waals surface area contributed by atoms with Crippen LogP contribution in [0.15, 0.2) is 28.8 Å². The Hall–Kier alpha value is -1.00. The Balaban J connectivity index is 3.15. The molecule has 0 aliphatic heterocycles. The van der Waals surface area contributed by atoms with Crippen molar-refractivity contribution in [3.8, 4) is 11.5 Å². The van der Waals surface area contributed by atoms with Crippen molar-refractivity contribution in [2.45, 2.75) is 19.4 Å². The van der Waals surface area contributed by atoms with Crippen LogP contribution in [-0.2, 0) is 0 Å². The molecule has 0 aromatic heterocycles. The summed E-state index contributed by atoms with van der Waals surface area (Å²) in [5.74, 6) is 1.50. The third-order valence-corrected chi connectivity index (χ3v) is 3.09. The highest BCUT2D eigenvalue weighted by Gasteiger charge is 2.15. The van der Waals surface area contributed by atoms with Crippen molar-refractivity contribution >= 4 is 15.9 Å². The molecule has 1 atom stereocenters. The van der Waals surface area contributed by atoms with Crippen LogP contribution in [0.25, 0.3) is 0 Å². The predicted molar refractivity (Wildman–Crippen MR) is 73.6 cm³/mol. The zero-order chi connectivity index (χ0) is 13.0. The number of halogens is 1. The van der Waals surface area contributed by atoms with Gasteiger partial charge < -0.3 is 15.2 Å². The minimum atomic E-state index is -0.135. The molecule has 0 fully saturated rings. The van der Waals surface area contributed by atoms with Crippen molar-refractivity contribution in [1.82, 2.24) is 0 Å². The monoisotopic (exact) mass is 299 g/mol. The van der Waals surface area contributed by atoms with Crippen molar-refractivity contribution in [2.75, 3.05) is 14.2 Å². The summed E-state index contributed by atoms with van der Waals surface area (Å²) in [6.07, 6.45) is 0.723. The second-order valence-electron chi connectivity index (χ2n) is 4.00. The quantitative estimate of drug-likeness (QED) is 0.847. The van der Waals surface area contributed by atoms with Crippen LogP contribution < -0.4 is 15.2 Å². The van der Waals surface area contributed by atoms with Crippen LogP contribution in [0.3, 0.4) is 0 Å². The molecule has 0 aliphatic rings. The summed E-state index contributed by atoms with van der Waals surface area (Å²) < 4.78 is 11.4. The summed E-state index contributed by atoms with van der Waals surface area (Å²) in [6, 6.07) is 3.63. The van der Waals surface area contributed by atoms with Gasteiger partial charge in [-0.25, -0.2) is 0 Å². The molecular formula is C13H18BrNO2. The van der Waals surface area contributed by atoms with Gasteiger partial charge in [-0.1, -0.05) is 5.57 Å². The highest BCUT2D eigenvalue weighted by molar-refractivity contribution is 9.10. The van der Waals surface area contributed by atoms with Crippen LogP contribution >= 0.6 is 15.9 Å². The summed E-state index contributed by atoms with van der Waals surface area (Å²) in [5, 5.41) is 0. The zero-order valence-electron chi connectivity index (χ0n) is 10.4. The number of hydrogen-bond donors (Lipinski definition) is 1. The van der Waals surface area contributed by atoms with Gasteiger partial charge >= 0.3 is 0 Å². The van der Waals surface area contributed by atoms with E-state index < -0.39 is 0 Å². The molecule has 0 aliphatic carbocycles. The topological polar surface area (TPSA) is 44.5 Å². The average molecular weight is 300 g/mol. The lowest BCUT2D eigenvalue weighted by Gasteiger charge is -2.17. The summed E-state index contributed by atoms with van der Waals surface area (Å²) in [6.45, 7) is 5.84. The number of hydrogen-bond acceptors (Lipinski definition) is 3. The standard InChI is InChI=1S/C13H18BrNO2/c1-8(2)5-11(15)9-6-13(17-4)10(14)7-12(9)16-3/h6-7,11H,1,5,15H2,2-4H3/t11-/m1/s1. The lowest BCUT2D eigenvalue weighted by atomic mass is 10.00. The number of benzene rings is 1. The third kappa shape index (κ3) is 3.48. The van der Waals surface area contributed by atoms with Crippen LogP contribution in [0.1, 0.15) is 24.9 Å². The van der Waals surface area contributed by atoms with Crippen molar-refractivity contribution < 1.29 is 9.47 Å². The van der Waals surface area contributed by atoms with Gasteiger partial charge in [-0.15, -0.1) is 6.58 Å². The minimum absolute atomic E-state index is 0.135. The van der Waals surface area contributed by atoms with E-state index in [9.17, 15) is 0 Å². The maximum absolute atomic E-state index is 6.13. The fourth-order valence-corrected chi connectivity index (χ4v) is 2.14. The molecule has 0 saturated heterocycles. The van der Waals surface area contributed by atoms with Crippen LogP contribution in [0, 0.1) is 0 Å². The SMILES string of the molecule is C=C(C)C[C@@H](N)c1cc(OC)c(Br)cc1OC. The summed E-state index contributed by atoms with van der Waals surface area (Å²) in [5.41, 5.74) is 8.10. The molecule has 0 heterocycles. The number of nitrogens with two attached hydrogens (primary N) is 1. The summed E-state index contributed by atoms with van der Waals surface area (Å²) in [4.78, 5) is 0. The van der Waals surface area contributed by atoms with Gasteiger partial charge in [-0.2, -0.15) is 0 Å². The van der Waals surface area contributed by atoms with E-state index in [4.69, 9.17) is 15.2 Å². The fourth-order valence-electron chi connectivity index (χ4n) is 1.66. The molecule has 2 N–H and O–H groups in total. The van der Waals surface area contributed by atoms with Gasteiger partial charge in [-0.05, 0) is 41.4 Å².